The van der Waals surface area contributed by atoms with Crippen LogP contribution in [-0.4, -0.2) is 11.1 Å². The first kappa shape index (κ1) is 16.6. The fraction of sp³-hybridized carbons (Fsp3) is 0.952. The zero-order valence-electron chi connectivity index (χ0n) is 15.0. The second-order valence-corrected chi connectivity index (χ2v) is 9.97. The molecule has 0 aromatic carbocycles. The molecule has 0 heterocycles. The summed E-state index contributed by atoms with van der Waals surface area (Å²) in [6.45, 7) is 4.95. The van der Waals surface area contributed by atoms with Crippen LogP contribution in [0, 0.1) is 40.4 Å². The second-order valence-electron chi connectivity index (χ2n) is 9.40. The van der Waals surface area contributed by atoms with Gasteiger partial charge in [-0.25, -0.2) is 0 Å². The maximum Gasteiger partial charge on any atom is 0.147 e. The number of hydrogen-bond acceptors (Lipinski definition) is 1. The molecule has 2 heteroatoms. The molecule has 0 spiro atoms. The summed E-state index contributed by atoms with van der Waals surface area (Å²) in [5.74, 6) is 4.60. The highest BCUT2D eigenvalue weighted by Gasteiger charge is 2.61. The molecule has 0 aliphatic heterocycles. The van der Waals surface area contributed by atoms with Crippen molar-refractivity contribution in [2.75, 3.05) is 5.33 Å². The Bertz CT molecular complexity index is 484. The van der Waals surface area contributed by atoms with Gasteiger partial charge in [-0.2, -0.15) is 0 Å². The summed E-state index contributed by atoms with van der Waals surface area (Å²) in [5.41, 5.74) is 0.994. The predicted molar refractivity (Wildman–Crippen MR) is 98.6 cm³/mol. The van der Waals surface area contributed by atoms with E-state index in [1.54, 1.807) is 0 Å². The summed E-state index contributed by atoms with van der Waals surface area (Å²) in [7, 11) is 0. The van der Waals surface area contributed by atoms with Gasteiger partial charge in [0.25, 0.3) is 0 Å². The van der Waals surface area contributed by atoms with Crippen LogP contribution < -0.4 is 0 Å². The molecule has 23 heavy (non-hydrogen) atoms. The Balaban J connectivity index is 1.63. The van der Waals surface area contributed by atoms with Crippen LogP contribution in [0.3, 0.4) is 0 Å². The van der Waals surface area contributed by atoms with Gasteiger partial charge >= 0.3 is 0 Å². The Morgan fingerprint density at radius 2 is 1.83 bits per heavy atom. The fourth-order valence-electron chi connectivity index (χ4n) is 7.77. The third-order valence-electron chi connectivity index (χ3n) is 8.92. The average molecular weight is 381 g/mol. The largest absolute Gasteiger partial charge is 0.298 e. The van der Waals surface area contributed by atoms with Crippen molar-refractivity contribution in [3.8, 4) is 0 Å². The first-order valence-electron chi connectivity index (χ1n) is 10.2. The molecule has 1 nitrogen and oxygen atoms in total. The molecule has 0 N–H and O–H groups in total. The summed E-state index contributed by atoms with van der Waals surface area (Å²) >= 11 is 3.44. The third kappa shape index (κ3) is 2.33. The lowest BCUT2D eigenvalue weighted by Gasteiger charge is -2.57. The highest BCUT2D eigenvalue weighted by molar-refractivity contribution is 9.09. The third-order valence-corrected chi connectivity index (χ3v) is 9.48. The van der Waals surface area contributed by atoms with Crippen LogP contribution in [0.4, 0.5) is 0 Å². The van der Waals surface area contributed by atoms with Crippen molar-refractivity contribution in [3.05, 3.63) is 0 Å². The van der Waals surface area contributed by atoms with Gasteiger partial charge in [-0.05, 0) is 92.3 Å². The van der Waals surface area contributed by atoms with E-state index in [9.17, 15) is 4.79 Å². The van der Waals surface area contributed by atoms with Gasteiger partial charge in [0.05, 0.1) is 5.33 Å². The van der Waals surface area contributed by atoms with E-state index in [-0.39, 0.29) is 0 Å². The molecule has 4 aliphatic carbocycles. The van der Waals surface area contributed by atoms with Crippen LogP contribution in [0.2, 0.25) is 0 Å². The Morgan fingerprint density at radius 3 is 2.48 bits per heavy atom. The van der Waals surface area contributed by atoms with Crippen molar-refractivity contribution in [2.24, 2.45) is 40.4 Å². The van der Waals surface area contributed by atoms with E-state index in [0.717, 1.165) is 30.1 Å². The van der Waals surface area contributed by atoms with Crippen molar-refractivity contribution in [3.63, 3.8) is 0 Å². The molecule has 0 bridgehead atoms. The molecule has 4 saturated carbocycles. The number of alkyl halides is 1. The van der Waals surface area contributed by atoms with Crippen LogP contribution >= 0.6 is 15.9 Å². The minimum Gasteiger partial charge on any atom is -0.298 e. The lowest BCUT2D eigenvalue weighted by Crippen LogP contribution is -2.51. The minimum absolute atomic E-state index is 0.312. The minimum atomic E-state index is 0.312. The number of rotatable bonds is 4. The van der Waals surface area contributed by atoms with Gasteiger partial charge in [0.1, 0.15) is 5.78 Å². The highest BCUT2D eigenvalue weighted by atomic mass is 79.9. The molecule has 0 unspecified atom stereocenters. The van der Waals surface area contributed by atoms with Gasteiger partial charge in [-0.1, -0.05) is 36.2 Å². The van der Waals surface area contributed by atoms with Crippen molar-refractivity contribution in [2.45, 2.75) is 78.1 Å². The molecule has 6 atom stereocenters. The van der Waals surface area contributed by atoms with E-state index in [2.05, 4.69) is 29.8 Å². The smallest absolute Gasteiger partial charge is 0.147 e. The first-order chi connectivity index (χ1) is 11.1. The van der Waals surface area contributed by atoms with Crippen LogP contribution in [0.25, 0.3) is 0 Å². The number of halogens is 1. The van der Waals surface area contributed by atoms with Crippen molar-refractivity contribution in [1.29, 1.82) is 0 Å². The molecule has 4 fully saturated rings. The molecule has 0 aromatic heterocycles. The molecule has 0 radical (unpaired) electrons. The summed E-state index contributed by atoms with van der Waals surface area (Å²) in [4.78, 5) is 12.5. The zero-order chi connectivity index (χ0) is 16.2. The van der Waals surface area contributed by atoms with E-state index >= 15 is 0 Å². The number of carbonyl (C=O) groups is 1. The molecule has 0 aromatic rings. The second kappa shape index (κ2) is 5.85. The monoisotopic (exact) mass is 380 g/mol. The predicted octanol–water partition coefficient (Wildman–Crippen LogP) is 6.00. The van der Waals surface area contributed by atoms with Gasteiger partial charge in [0.15, 0.2) is 0 Å². The molecule has 130 valence electrons. The van der Waals surface area contributed by atoms with Gasteiger partial charge in [0.2, 0.25) is 0 Å². The highest BCUT2D eigenvalue weighted by Crippen LogP contribution is 2.68. The normalized spacial score (nSPS) is 49.5. The molecule has 4 aliphatic rings. The summed E-state index contributed by atoms with van der Waals surface area (Å²) < 4.78 is 0. The fourth-order valence-corrected chi connectivity index (χ4v) is 8.16. The number of fused-ring (bicyclic) bond motifs is 3. The van der Waals surface area contributed by atoms with E-state index in [1.807, 2.05) is 0 Å². The van der Waals surface area contributed by atoms with Gasteiger partial charge in [-0.3, -0.25) is 4.79 Å². The standard InChI is InChI=1S/C21H33BrO/c1-3-21(14-6-7-14)11-4-5-15-16-8-9-18(19(23)13-22)20(16,2)12-10-17(15)21/h14-18H,3-13H2,1-2H3/t15-,16-,17-,18+,20-,21-/m0/s1. The van der Waals surface area contributed by atoms with Crippen molar-refractivity contribution >= 4 is 21.7 Å². The Kier molecular flexibility index (Phi) is 4.23. The van der Waals surface area contributed by atoms with Crippen LogP contribution in [0.1, 0.15) is 78.1 Å². The summed E-state index contributed by atoms with van der Waals surface area (Å²) in [6.07, 6.45) is 14.0. The maximum atomic E-state index is 12.5. The van der Waals surface area contributed by atoms with Gasteiger partial charge in [-0.15, -0.1) is 0 Å². The quantitative estimate of drug-likeness (QED) is 0.546. The first-order valence-corrected chi connectivity index (χ1v) is 11.3. The van der Waals surface area contributed by atoms with E-state index in [4.69, 9.17) is 0 Å². The van der Waals surface area contributed by atoms with E-state index < -0.39 is 0 Å². The van der Waals surface area contributed by atoms with Gasteiger partial charge < -0.3 is 0 Å². The van der Waals surface area contributed by atoms with E-state index in [1.165, 1.54) is 57.8 Å². The van der Waals surface area contributed by atoms with Crippen LogP contribution in [0.5, 0.6) is 0 Å². The lowest BCUT2D eigenvalue weighted by molar-refractivity contribution is -0.129. The zero-order valence-corrected chi connectivity index (χ0v) is 16.5. The number of ketones is 1. The SMILES string of the molecule is CC[C@@]1(C2CC2)CCC[C@@H]2[C@@H]1CC[C@]1(C)[C@@H](C(=O)CBr)CC[C@@H]21. The van der Waals surface area contributed by atoms with Crippen LogP contribution in [-0.2, 0) is 4.79 Å². The van der Waals surface area contributed by atoms with Crippen molar-refractivity contribution < 1.29 is 4.79 Å². The van der Waals surface area contributed by atoms with Crippen LogP contribution in [0.15, 0.2) is 0 Å². The molecule has 0 amide bonds. The Morgan fingerprint density at radius 1 is 1.04 bits per heavy atom. The Labute approximate surface area is 150 Å². The van der Waals surface area contributed by atoms with E-state index in [0.29, 0.717) is 27.9 Å². The summed E-state index contributed by atoms with van der Waals surface area (Å²) in [6, 6.07) is 0. The number of carbonyl (C=O) groups excluding carboxylic acids is 1. The number of Topliss-reactive ketones (excluding diaryl/α,β-unsaturated/α-hetero) is 1. The Hall–Kier alpha value is 0.150. The van der Waals surface area contributed by atoms with Crippen molar-refractivity contribution in [1.82, 2.24) is 0 Å². The van der Waals surface area contributed by atoms with Gasteiger partial charge in [0, 0.05) is 5.92 Å². The summed E-state index contributed by atoms with van der Waals surface area (Å²) in [5, 5.41) is 0.565. The molecule has 0 saturated heterocycles. The number of hydrogen-bond donors (Lipinski definition) is 0. The lowest BCUT2D eigenvalue weighted by atomic mass is 9.47. The topological polar surface area (TPSA) is 17.1 Å². The maximum absolute atomic E-state index is 12.5. The molecular formula is C21H33BrO. The molecular weight excluding hydrogens is 348 g/mol. The molecule has 4 rings (SSSR count). The average Bonchev–Trinajstić information content (AvgIpc) is 3.36.